The average molecular weight is 371 g/mol. The summed E-state index contributed by atoms with van der Waals surface area (Å²) in [7, 11) is 0. The van der Waals surface area contributed by atoms with Crippen LogP contribution in [0.15, 0.2) is 53.4 Å². The number of thioether (sulfide) groups is 1. The largest absolute Gasteiger partial charge is 0.489 e. The second kappa shape index (κ2) is 7.50. The molecule has 0 saturated carbocycles. The lowest BCUT2D eigenvalue weighted by molar-refractivity contribution is -0.115. The second-order valence-corrected chi connectivity index (χ2v) is 6.93. The van der Waals surface area contributed by atoms with E-state index in [1.54, 1.807) is 30.3 Å². The van der Waals surface area contributed by atoms with Gasteiger partial charge in [-0.3, -0.25) is 4.79 Å². The Morgan fingerprint density at radius 2 is 2.00 bits per heavy atom. The van der Waals surface area contributed by atoms with Crippen LogP contribution in [0.3, 0.4) is 0 Å². The first-order chi connectivity index (χ1) is 12.0. The van der Waals surface area contributed by atoms with E-state index in [1.807, 2.05) is 18.2 Å². The molecule has 126 valence electrons. The number of hydrogen-bond acceptors (Lipinski definition) is 5. The van der Waals surface area contributed by atoms with Gasteiger partial charge < -0.3 is 15.2 Å². The predicted octanol–water partition coefficient (Wildman–Crippen LogP) is 3.45. The first-order valence-corrected chi connectivity index (χ1v) is 8.54. The zero-order chi connectivity index (χ0) is 17.8. The summed E-state index contributed by atoms with van der Waals surface area (Å²) in [5.74, 6) is -0.497. The fourth-order valence-corrected chi connectivity index (χ4v) is 3.24. The predicted molar refractivity (Wildman–Crippen MR) is 100 cm³/mol. The molecule has 7 heteroatoms. The summed E-state index contributed by atoms with van der Waals surface area (Å²) in [5.41, 5.74) is 1.87. The summed E-state index contributed by atoms with van der Waals surface area (Å²) in [6, 6.07) is 13.9. The van der Waals surface area contributed by atoms with Crippen molar-refractivity contribution in [2.75, 3.05) is 0 Å². The number of carbonyl (C=O) groups is 2. The second-order valence-electron chi connectivity index (χ2n) is 5.22. The first-order valence-electron chi connectivity index (χ1n) is 7.31. The van der Waals surface area contributed by atoms with Gasteiger partial charge in [0.05, 0.1) is 10.5 Å². The topological polar surface area (TPSA) is 75.6 Å². The minimum Gasteiger partial charge on any atom is -0.489 e. The Balaban J connectivity index is 1.64. The third-order valence-corrected chi connectivity index (χ3v) is 4.56. The van der Waals surface area contributed by atoms with E-state index >= 15 is 0 Å². The van der Waals surface area contributed by atoms with Crippen LogP contribution in [0.5, 0.6) is 5.75 Å². The molecule has 5 nitrogen and oxygen atoms in total. The monoisotopic (exact) mass is 371 g/mol. The van der Waals surface area contributed by atoms with Gasteiger partial charge in [-0.15, -0.1) is 0 Å². The molecule has 2 aromatic rings. The molecule has 1 saturated heterocycles. The van der Waals surface area contributed by atoms with Crippen molar-refractivity contribution >= 4 is 46.3 Å². The number of carboxylic acids is 1. The summed E-state index contributed by atoms with van der Waals surface area (Å²) in [4.78, 5) is 23.2. The Morgan fingerprint density at radius 1 is 1.24 bits per heavy atom. The molecule has 3 rings (SSSR count). The molecule has 1 fully saturated rings. The lowest BCUT2D eigenvalue weighted by Gasteiger charge is -2.07. The van der Waals surface area contributed by atoms with Crippen LogP contribution in [0.25, 0.3) is 6.08 Å². The minimum atomic E-state index is -0.965. The van der Waals surface area contributed by atoms with Gasteiger partial charge in [0.25, 0.3) is 5.91 Å². The highest BCUT2D eigenvalue weighted by atomic mass is 32.2. The fourth-order valence-electron chi connectivity index (χ4n) is 2.19. The number of nitrogens with one attached hydrogen (secondary N) is 1. The number of benzene rings is 2. The Kier molecular flexibility index (Phi) is 5.16. The van der Waals surface area contributed by atoms with E-state index in [2.05, 4.69) is 5.32 Å². The molecular weight excluding hydrogens is 358 g/mol. The fraction of sp³-hybridized carbons (Fsp3) is 0.0556. The van der Waals surface area contributed by atoms with Crippen molar-refractivity contribution in [2.45, 2.75) is 6.61 Å². The van der Waals surface area contributed by atoms with E-state index in [0.29, 0.717) is 15.0 Å². The highest BCUT2D eigenvalue weighted by Gasteiger charge is 2.21. The van der Waals surface area contributed by atoms with Gasteiger partial charge in [-0.25, -0.2) is 4.79 Å². The number of hydrogen-bond donors (Lipinski definition) is 2. The zero-order valence-electron chi connectivity index (χ0n) is 12.9. The average Bonchev–Trinajstić information content (AvgIpc) is 2.92. The SMILES string of the molecule is O=C1NC(=S)S/C1=C\c1ccc(OCc2cccc(C(=O)O)c2)cc1. The molecule has 2 N–H and O–H groups in total. The van der Waals surface area contributed by atoms with Crippen molar-refractivity contribution < 1.29 is 19.4 Å². The van der Waals surface area contributed by atoms with Gasteiger partial charge in [-0.05, 0) is 41.5 Å². The maximum Gasteiger partial charge on any atom is 0.335 e. The zero-order valence-corrected chi connectivity index (χ0v) is 14.5. The van der Waals surface area contributed by atoms with Gasteiger partial charge in [0.15, 0.2) is 0 Å². The van der Waals surface area contributed by atoms with Crippen LogP contribution in [0.4, 0.5) is 0 Å². The number of rotatable bonds is 5. The molecule has 0 spiro atoms. The molecular formula is C18H13NO4S2. The van der Waals surface area contributed by atoms with E-state index < -0.39 is 5.97 Å². The van der Waals surface area contributed by atoms with Crippen LogP contribution >= 0.6 is 24.0 Å². The smallest absolute Gasteiger partial charge is 0.335 e. The summed E-state index contributed by atoms with van der Waals surface area (Å²) in [6.45, 7) is 0.272. The third-order valence-electron chi connectivity index (χ3n) is 3.40. The third kappa shape index (κ3) is 4.46. The Labute approximate surface area is 153 Å². The summed E-state index contributed by atoms with van der Waals surface area (Å²) >= 11 is 6.19. The Bertz CT molecular complexity index is 875. The van der Waals surface area contributed by atoms with E-state index in [0.717, 1.165) is 11.1 Å². The van der Waals surface area contributed by atoms with E-state index in [-0.39, 0.29) is 18.1 Å². The van der Waals surface area contributed by atoms with Crippen LogP contribution in [-0.4, -0.2) is 21.3 Å². The lowest BCUT2D eigenvalue weighted by Crippen LogP contribution is -2.17. The van der Waals surface area contributed by atoms with Crippen molar-refractivity contribution in [2.24, 2.45) is 0 Å². The number of carboxylic acid groups (broad SMARTS) is 1. The van der Waals surface area contributed by atoms with Crippen LogP contribution < -0.4 is 10.1 Å². The number of carbonyl (C=O) groups excluding carboxylic acids is 1. The standard InChI is InChI=1S/C18H13NO4S2/c20-16-15(25-18(24)19-16)9-11-4-6-14(7-5-11)23-10-12-2-1-3-13(8-12)17(21)22/h1-9H,10H2,(H,21,22)(H,19,20,24)/b15-9-. The normalized spacial score (nSPS) is 15.3. The summed E-state index contributed by atoms with van der Waals surface area (Å²) < 4.78 is 6.13. The number of amides is 1. The number of thiocarbonyl (C=S) groups is 1. The van der Waals surface area contributed by atoms with Gasteiger partial charge >= 0.3 is 5.97 Å². The van der Waals surface area contributed by atoms with Crippen LogP contribution in [0, 0.1) is 0 Å². The summed E-state index contributed by atoms with van der Waals surface area (Å²) in [5, 5.41) is 11.6. The molecule has 0 aromatic heterocycles. The van der Waals surface area contributed by atoms with E-state index in [9.17, 15) is 9.59 Å². The van der Waals surface area contributed by atoms with Crippen LogP contribution in [-0.2, 0) is 11.4 Å². The van der Waals surface area contributed by atoms with Gasteiger partial charge in [0.2, 0.25) is 0 Å². The van der Waals surface area contributed by atoms with Gasteiger partial charge in [-0.1, -0.05) is 48.2 Å². The van der Waals surface area contributed by atoms with Crippen LogP contribution in [0.1, 0.15) is 21.5 Å². The highest BCUT2D eigenvalue weighted by molar-refractivity contribution is 8.26. The Morgan fingerprint density at radius 3 is 2.64 bits per heavy atom. The molecule has 1 heterocycles. The minimum absolute atomic E-state index is 0.186. The van der Waals surface area contributed by atoms with E-state index in [4.69, 9.17) is 22.1 Å². The molecule has 0 atom stereocenters. The Hall–Kier alpha value is -2.64. The maximum atomic E-state index is 11.6. The van der Waals surface area contributed by atoms with Crippen LogP contribution in [0.2, 0.25) is 0 Å². The highest BCUT2D eigenvalue weighted by Crippen LogP contribution is 2.26. The maximum absolute atomic E-state index is 11.6. The van der Waals surface area contributed by atoms with Crippen molar-refractivity contribution in [1.82, 2.24) is 5.32 Å². The lowest BCUT2D eigenvalue weighted by atomic mass is 10.1. The number of ether oxygens (including phenoxy) is 1. The molecule has 25 heavy (non-hydrogen) atoms. The molecule has 0 unspecified atom stereocenters. The quantitative estimate of drug-likeness (QED) is 0.619. The van der Waals surface area contributed by atoms with Crippen molar-refractivity contribution in [3.05, 3.63) is 70.1 Å². The first kappa shape index (κ1) is 17.2. The van der Waals surface area contributed by atoms with Crippen molar-refractivity contribution in [1.29, 1.82) is 0 Å². The molecule has 0 radical (unpaired) electrons. The van der Waals surface area contributed by atoms with Gasteiger partial charge in [0, 0.05) is 0 Å². The number of aromatic carboxylic acids is 1. The van der Waals surface area contributed by atoms with Gasteiger partial charge in [0.1, 0.15) is 16.7 Å². The molecule has 0 bridgehead atoms. The van der Waals surface area contributed by atoms with Gasteiger partial charge in [-0.2, -0.15) is 0 Å². The van der Waals surface area contributed by atoms with Crippen molar-refractivity contribution in [3.8, 4) is 5.75 Å². The summed E-state index contributed by atoms with van der Waals surface area (Å²) in [6.07, 6.45) is 1.76. The molecule has 1 aliphatic rings. The molecule has 1 aliphatic heterocycles. The molecule has 0 aliphatic carbocycles. The van der Waals surface area contributed by atoms with E-state index in [1.165, 1.54) is 17.8 Å². The molecule has 2 aromatic carbocycles. The molecule has 1 amide bonds. The van der Waals surface area contributed by atoms with Crippen molar-refractivity contribution in [3.63, 3.8) is 0 Å².